The number of alkyl halides is 3. The number of rotatable bonds is 5. The minimum Gasteiger partial charge on any atom is -0.483 e. The van der Waals surface area contributed by atoms with E-state index in [1.807, 2.05) is 37.2 Å². The molecule has 6 rings (SSSR count). The van der Waals surface area contributed by atoms with Crippen LogP contribution in [0.4, 0.5) is 36.3 Å². The lowest BCUT2D eigenvalue weighted by Gasteiger charge is -2.28. The molecule has 1 amide bonds. The molecular formula is C28H24F3N9O3. The van der Waals surface area contributed by atoms with Crippen LogP contribution in [0, 0.1) is 6.92 Å². The van der Waals surface area contributed by atoms with Gasteiger partial charge in [-0.2, -0.15) is 23.3 Å². The van der Waals surface area contributed by atoms with Crippen molar-refractivity contribution in [1.82, 2.24) is 24.7 Å². The van der Waals surface area contributed by atoms with E-state index >= 15 is 0 Å². The molecule has 0 atom stereocenters. The van der Waals surface area contributed by atoms with Crippen LogP contribution in [-0.4, -0.2) is 61.1 Å². The van der Waals surface area contributed by atoms with Gasteiger partial charge in [0.2, 0.25) is 5.95 Å². The highest BCUT2D eigenvalue weighted by Gasteiger charge is 2.33. The minimum atomic E-state index is -4.65. The van der Waals surface area contributed by atoms with Gasteiger partial charge in [0.05, 0.1) is 18.4 Å². The van der Waals surface area contributed by atoms with E-state index in [9.17, 15) is 18.0 Å². The van der Waals surface area contributed by atoms with Crippen LogP contribution >= 0.6 is 0 Å². The number of benzene rings is 1. The summed E-state index contributed by atoms with van der Waals surface area (Å²) >= 11 is 0. The maximum atomic E-state index is 13.1. The molecular weight excluding hydrogens is 567 g/mol. The van der Waals surface area contributed by atoms with Gasteiger partial charge in [0.25, 0.3) is 12.4 Å². The van der Waals surface area contributed by atoms with Crippen molar-refractivity contribution in [1.29, 1.82) is 0 Å². The topological polar surface area (TPSA) is 151 Å². The fourth-order valence-corrected chi connectivity index (χ4v) is 4.60. The van der Waals surface area contributed by atoms with Crippen molar-refractivity contribution >= 4 is 53.0 Å². The lowest BCUT2D eigenvalue weighted by Crippen LogP contribution is -2.32. The number of carbonyl (C=O) groups is 2. The number of halogens is 3. The van der Waals surface area contributed by atoms with Gasteiger partial charge in [-0.15, -0.1) is 0 Å². The highest BCUT2D eigenvalue weighted by atomic mass is 19.4. The molecule has 0 fully saturated rings. The normalized spacial score (nSPS) is 13.6. The molecule has 0 spiro atoms. The Labute approximate surface area is 242 Å². The number of aromatic nitrogens is 5. The van der Waals surface area contributed by atoms with Crippen molar-refractivity contribution in [2.24, 2.45) is 12.0 Å². The van der Waals surface area contributed by atoms with Gasteiger partial charge >= 0.3 is 6.18 Å². The number of anilines is 4. The van der Waals surface area contributed by atoms with Crippen molar-refractivity contribution in [3.05, 3.63) is 83.1 Å². The molecule has 12 nitrogen and oxygen atoms in total. The number of fused-ring (bicyclic) bond motifs is 3. The smallest absolute Gasteiger partial charge is 0.433 e. The number of aliphatic imine (C=N–C) groups is 1. The molecule has 43 heavy (non-hydrogen) atoms. The minimum absolute atomic E-state index is 0.144. The van der Waals surface area contributed by atoms with Gasteiger partial charge in [-0.05, 0) is 48.4 Å². The molecule has 220 valence electrons. The van der Waals surface area contributed by atoms with Crippen LogP contribution < -0.4 is 15.5 Å². The van der Waals surface area contributed by atoms with Gasteiger partial charge in [0.15, 0.2) is 0 Å². The SMILES string of the molecule is Cc1ccc(NC(=O)c2ccnc(C(F)(F)F)c2)cc1C1=Cc2cnc(Nc3cnn(C)c3)nc2N2CCN=C12.O=CO. The average molecular weight is 592 g/mol. The van der Waals surface area contributed by atoms with E-state index in [2.05, 4.69) is 25.7 Å². The zero-order valence-corrected chi connectivity index (χ0v) is 22.8. The van der Waals surface area contributed by atoms with Crippen LogP contribution in [0.2, 0.25) is 0 Å². The Kier molecular flexibility index (Phi) is 7.88. The summed E-state index contributed by atoms with van der Waals surface area (Å²) < 4.78 is 40.9. The summed E-state index contributed by atoms with van der Waals surface area (Å²) in [7, 11) is 1.82. The molecule has 0 saturated carbocycles. The maximum Gasteiger partial charge on any atom is 0.433 e. The van der Waals surface area contributed by atoms with Crippen LogP contribution in [0.15, 0.2) is 60.1 Å². The molecule has 0 radical (unpaired) electrons. The average Bonchev–Trinajstić information content (AvgIpc) is 3.63. The first-order valence-corrected chi connectivity index (χ1v) is 12.8. The fourth-order valence-electron chi connectivity index (χ4n) is 4.60. The molecule has 2 aliphatic heterocycles. The van der Waals surface area contributed by atoms with Crippen molar-refractivity contribution < 1.29 is 27.9 Å². The quantitative estimate of drug-likeness (QED) is 0.287. The third-order valence-corrected chi connectivity index (χ3v) is 6.49. The Morgan fingerprint density at radius 3 is 2.63 bits per heavy atom. The predicted molar refractivity (Wildman–Crippen MR) is 153 cm³/mol. The highest BCUT2D eigenvalue weighted by Crippen LogP contribution is 2.37. The van der Waals surface area contributed by atoms with E-state index in [-0.39, 0.29) is 12.0 Å². The number of amides is 1. The predicted octanol–water partition coefficient (Wildman–Crippen LogP) is 4.40. The maximum absolute atomic E-state index is 13.1. The van der Waals surface area contributed by atoms with E-state index in [1.165, 1.54) is 6.07 Å². The van der Waals surface area contributed by atoms with Crippen LogP contribution in [0.5, 0.6) is 0 Å². The number of pyridine rings is 1. The molecule has 0 bridgehead atoms. The van der Waals surface area contributed by atoms with Gasteiger partial charge in [0, 0.05) is 54.6 Å². The first-order chi connectivity index (χ1) is 20.6. The molecule has 15 heteroatoms. The molecule has 5 heterocycles. The van der Waals surface area contributed by atoms with Gasteiger partial charge in [-0.3, -0.25) is 24.2 Å². The summed E-state index contributed by atoms with van der Waals surface area (Å²) in [5.74, 6) is 1.23. The third kappa shape index (κ3) is 6.19. The molecule has 3 N–H and O–H groups in total. The number of carbonyl (C=O) groups excluding carboxylic acids is 1. The van der Waals surface area contributed by atoms with E-state index in [4.69, 9.17) is 19.9 Å². The Balaban J connectivity index is 0.00000118. The van der Waals surface area contributed by atoms with E-state index in [1.54, 1.807) is 29.2 Å². The summed E-state index contributed by atoms with van der Waals surface area (Å²) in [4.78, 5) is 40.4. The van der Waals surface area contributed by atoms with Crippen molar-refractivity contribution in [3.63, 3.8) is 0 Å². The number of aryl methyl sites for hydroxylation is 2. The number of amidine groups is 1. The van der Waals surface area contributed by atoms with Crippen LogP contribution in [0.1, 0.15) is 32.7 Å². The Morgan fingerprint density at radius 2 is 1.91 bits per heavy atom. The first-order valence-electron chi connectivity index (χ1n) is 12.8. The standard InChI is InChI=1S/C27H22F3N9O.CH2O2/c1-15-3-4-18(35-25(40)16-5-6-31-22(10-16)27(28,29)30)11-20(15)21-9-17-12-33-26(36-19-13-34-38(2)14-19)37-23(17)39-8-7-32-24(21)39;2-1-3/h3-6,9-14H,7-8H2,1-2H3,(H,35,40)(H,33,36,37);1H,(H,2,3). The number of nitrogens with zero attached hydrogens (tertiary/aromatic N) is 7. The third-order valence-electron chi connectivity index (χ3n) is 6.49. The summed E-state index contributed by atoms with van der Waals surface area (Å²) in [6, 6.07) is 7.30. The van der Waals surface area contributed by atoms with Gasteiger partial charge in [0.1, 0.15) is 17.3 Å². The first kappa shape index (κ1) is 28.9. The summed E-state index contributed by atoms with van der Waals surface area (Å²) in [6.07, 6.45) is 3.51. The number of hydrogen-bond donors (Lipinski definition) is 3. The van der Waals surface area contributed by atoms with E-state index in [0.717, 1.165) is 51.9 Å². The molecule has 0 unspecified atom stereocenters. The number of carboxylic acid groups (broad SMARTS) is 1. The van der Waals surface area contributed by atoms with Crippen LogP contribution in [-0.2, 0) is 18.0 Å². The lowest BCUT2D eigenvalue weighted by atomic mass is 9.94. The van der Waals surface area contributed by atoms with E-state index < -0.39 is 17.8 Å². The lowest BCUT2D eigenvalue weighted by molar-refractivity contribution is -0.141. The Hall–Kier alpha value is -5.60. The van der Waals surface area contributed by atoms with Crippen molar-refractivity contribution in [3.8, 4) is 0 Å². The molecule has 2 aliphatic rings. The van der Waals surface area contributed by atoms with Crippen LogP contribution in [0.3, 0.4) is 0 Å². The Morgan fingerprint density at radius 1 is 1.12 bits per heavy atom. The van der Waals surface area contributed by atoms with Gasteiger partial charge in [-0.25, -0.2) is 4.98 Å². The molecule has 3 aromatic heterocycles. The second-order valence-electron chi connectivity index (χ2n) is 9.43. The molecule has 1 aromatic carbocycles. The van der Waals surface area contributed by atoms with E-state index in [0.29, 0.717) is 24.7 Å². The largest absolute Gasteiger partial charge is 0.483 e. The van der Waals surface area contributed by atoms with Gasteiger partial charge < -0.3 is 20.6 Å². The number of hydrogen-bond acceptors (Lipinski definition) is 9. The monoisotopic (exact) mass is 591 g/mol. The Bertz CT molecular complexity index is 1770. The second kappa shape index (κ2) is 11.7. The molecule has 0 saturated heterocycles. The molecule has 4 aromatic rings. The highest BCUT2D eigenvalue weighted by molar-refractivity contribution is 6.36. The molecule has 0 aliphatic carbocycles. The zero-order chi connectivity index (χ0) is 30.7. The summed E-state index contributed by atoms with van der Waals surface area (Å²) in [5.41, 5.74) is 3.31. The summed E-state index contributed by atoms with van der Waals surface area (Å²) in [6.45, 7) is 2.91. The summed E-state index contributed by atoms with van der Waals surface area (Å²) in [5, 5.41) is 16.9. The van der Waals surface area contributed by atoms with Gasteiger partial charge in [-0.1, -0.05) is 6.07 Å². The zero-order valence-electron chi connectivity index (χ0n) is 22.8. The van der Waals surface area contributed by atoms with Crippen molar-refractivity contribution in [2.45, 2.75) is 13.1 Å². The number of nitrogens with one attached hydrogen (secondary N) is 2. The second-order valence-corrected chi connectivity index (χ2v) is 9.43. The van der Waals surface area contributed by atoms with Crippen molar-refractivity contribution in [2.75, 3.05) is 28.6 Å². The fraction of sp³-hybridized carbons (Fsp3) is 0.179. The van der Waals surface area contributed by atoms with Crippen LogP contribution in [0.25, 0.3) is 11.6 Å².